The Balaban J connectivity index is 1.44. The van der Waals surface area contributed by atoms with E-state index in [1.54, 1.807) is 30.5 Å². The monoisotopic (exact) mass is 375 g/mol. The molecular formula is C21H21N5O2. The molecule has 1 aliphatic heterocycles. The normalized spacial score (nSPS) is 14.1. The van der Waals surface area contributed by atoms with E-state index in [0.29, 0.717) is 12.5 Å². The number of aromatic hydroxyl groups is 1. The summed E-state index contributed by atoms with van der Waals surface area (Å²) < 4.78 is 0. The first-order valence-corrected chi connectivity index (χ1v) is 9.14. The Morgan fingerprint density at radius 3 is 2.75 bits per heavy atom. The number of hydrogen-bond acceptors (Lipinski definition) is 6. The molecule has 0 fully saturated rings. The van der Waals surface area contributed by atoms with E-state index in [-0.39, 0.29) is 11.3 Å². The van der Waals surface area contributed by atoms with Crippen LogP contribution in [0.25, 0.3) is 0 Å². The van der Waals surface area contributed by atoms with Crippen LogP contribution in [0, 0.1) is 0 Å². The molecule has 3 N–H and O–H groups in total. The summed E-state index contributed by atoms with van der Waals surface area (Å²) in [6, 6.07) is 16.9. The minimum absolute atomic E-state index is 0.134. The van der Waals surface area contributed by atoms with E-state index < -0.39 is 0 Å². The Bertz CT molecular complexity index is 1030. The van der Waals surface area contributed by atoms with Crippen molar-refractivity contribution in [1.82, 2.24) is 14.9 Å². The highest BCUT2D eigenvalue weighted by atomic mass is 16.3. The van der Waals surface area contributed by atoms with Gasteiger partial charge in [-0.3, -0.25) is 14.7 Å². The second-order valence-electron chi connectivity index (χ2n) is 6.75. The van der Waals surface area contributed by atoms with Crippen LogP contribution in [0.5, 0.6) is 5.75 Å². The zero-order valence-electron chi connectivity index (χ0n) is 15.3. The number of nitrogens with one attached hydrogen (secondary N) is 2. The predicted octanol–water partition coefficient (Wildman–Crippen LogP) is 2.48. The van der Waals surface area contributed by atoms with Crippen LogP contribution < -0.4 is 11.0 Å². The van der Waals surface area contributed by atoms with Gasteiger partial charge in [-0.05, 0) is 35.4 Å². The van der Waals surface area contributed by atoms with Gasteiger partial charge in [0.1, 0.15) is 5.75 Å². The smallest absolute Gasteiger partial charge is 0.257 e. The average Bonchev–Trinajstić information content (AvgIpc) is 2.71. The number of phenolic OH excluding ortho intramolecular Hbond substituents is 1. The quantitative estimate of drug-likeness (QED) is 0.471. The Hall–Kier alpha value is -3.45. The molecule has 0 unspecified atom stereocenters. The molecule has 2 aromatic carbocycles. The molecule has 4 rings (SSSR count). The topological polar surface area (TPSA) is 93.6 Å². The minimum atomic E-state index is -0.134. The van der Waals surface area contributed by atoms with Gasteiger partial charge in [-0.25, -0.2) is 10.4 Å². The Morgan fingerprint density at radius 1 is 1.18 bits per heavy atom. The molecule has 1 aromatic heterocycles. The first-order chi connectivity index (χ1) is 13.7. The van der Waals surface area contributed by atoms with Gasteiger partial charge in [0.25, 0.3) is 5.56 Å². The summed E-state index contributed by atoms with van der Waals surface area (Å²) in [5, 5.41) is 13.4. The number of anilines is 1. The molecule has 0 bridgehead atoms. The molecule has 0 aliphatic carbocycles. The number of H-pyrrole nitrogens is 1. The van der Waals surface area contributed by atoms with Gasteiger partial charge in [0.15, 0.2) is 0 Å². The van der Waals surface area contributed by atoms with Crippen LogP contribution in [0.1, 0.15) is 22.4 Å². The summed E-state index contributed by atoms with van der Waals surface area (Å²) in [5.74, 6) is 0.530. The van der Waals surface area contributed by atoms with Crippen LogP contribution in [-0.2, 0) is 19.5 Å². The fraction of sp³-hybridized carbons (Fsp3) is 0.190. The highest BCUT2D eigenvalue weighted by Crippen LogP contribution is 2.17. The van der Waals surface area contributed by atoms with E-state index in [4.69, 9.17) is 0 Å². The summed E-state index contributed by atoms with van der Waals surface area (Å²) in [4.78, 5) is 22.0. The van der Waals surface area contributed by atoms with Crippen LogP contribution in [0.3, 0.4) is 0 Å². The van der Waals surface area contributed by atoms with Gasteiger partial charge in [-0.2, -0.15) is 5.10 Å². The lowest BCUT2D eigenvalue weighted by Gasteiger charge is -2.27. The van der Waals surface area contributed by atoms with Gasteiger partial charge in [0.2, 0.25) is 5.95 Å². The van der Waals surface area contributed by atoms with E-state index in [1.165, 1.54) is 5.56 Å². The molecule has 0 atom stereocenters. The maximum absolute atomic E-state index is 12.5. The maximum Gasteiger partial charge on any atom is 0.257 e. The second kappa shape index (κ2) is 8.06. The van der Waals surface area contributed by atoms with E-state index in [1.807, 2.05) is 18.2 Å². The Morgan fingerprint density at radius 2 is 1.96 bits per heavy atom. The van der Waals surface area contributed by atoms with E-state index in [0.717, 1.165) is 36.3 Å². The van der Waals surface area contributed by atoms with Crippen molar-refractivity contribution in [2.24, 2.45) is 5.10 Å². The molecule has 0 spiro atoms. The molecule has 7 nitrogen and oxygen atoms in total. The van der Waals surface area contributed by atoms with E-state index >= 15 is 0 Å². The van der Waals surface area contributed by atoms with Crippen molar-refractivity contribution in [3.05, 3.63) is 87.3 Å². The van der Waals surface area contributed by atoms with Crippen LogP contribution in [-0.4, -0.2) is 32.7 Å². The van der Waals surface area contributed by atoms with E-state index in [9.17, 15) is 9.90 Å². The van der Waals surface area contributed by atoms with Crippen molar-refractivity contribution in [3.63, 3.8) is 0 Å². The van der Waals surface area contributed by atoms with Crippen LogP contribution >= 0.6 is 0 Å². The summed E-state index contributed by atoms with van der Waals surface area (Å²) >= 11 is 0. The number of aromatic amines is 1. The predicted molar refractivity (Wildman–Crippen MR) is 108 cm³/mol. The van der Waals surface area contributed by atoms with Crippen LogP contribution in [0.15, 0.2) is 64.5 Å². The lowest BCUT2D eigenvalue weighted by molar-refractivity contribution is 0.242. The lowest BCUT2D eigenvalue weighted by atomic mass is 10.1. The standard InChI is InChI=1S/C21H21N5O2/c27-17-8-6-15(7-9-17)12-22-25-21-23-19-10-11-26(14-18(19)20(28)24-21)13-16-4-2-1-3-5-16/h1-9,12,27H,10-11,13-14H2,(H2,23,24,25,28)/b22-12-. The number of hydrogen-bond donors (Lipinski definition) is 3. The van der Waals surface area contributed by atoms with Gasteiger partial charge in [-0.15, -0.1) is 0 Å². The molecular weight excluding hydrogens is 354 g/mol. The number of phenols is 1. The van der Waals surface area contributed by atoms with Gasteiger partial charge < -0.3 is 5.11 Å². The summed E-state index contributed by atoms with van der Waals surface area (Å²) in [5.41, 5.74) is 6.23. The van der Waals surface area contributed by atoms with Crippen molar-refractivity contribution < 1.29 is 5.11 Å². The Labute approximate surface area is 162 Å². The molecule has 28 heavy (non-hydrogen) atoms. The molecule has 0 amide bonds. The van der Waals surface area contributed by atoms with Crippen molar-refractivity contribution in [3.8, 4) is 5.75 Å². The molecule has 0 saturated heterocycles. The zero-order valence-corrected chi connectivity index (χ0v) is 15.3. The zero-order chi connectivity index (χ0) is 19.3. The number of rotatable bonds is 5. The average molecular weight is 375 g/mol. The summed E-state index contributed by atoms with van der Waals surface area (Å²) in [6.07, 6.45) is 2.32. The van der Waals surface area contributed by atoms with Gasteiger partial charge in [0.05, 0.1) is 17.5 Å². The summed E-state index contributed by atoms with van der Waals surface area (Å²) in [7, 11) is 0. The largest absolute Gasteiger partial charge is 0.508 e. The highest BCUT2D eigenvalue weighted by Gasteiger charge is 2.21. The third kappa shape index (κ3) is 4.27. The first-order valence-electron chi connectivity index (χ1n) is 9.14. The second-order valence-corrected chi connectivity index (χ2v) is 6.75. The third-order valence-corrected chi connectivity index (χ3v) is 4.67. The molecule has 7 heteroatoms. The molecule has 1 aliphatic rings. The van der Waals surface area contributed by atoms with Crippen molar-refractivity contribution in [1.29, 1.82) is 0 Å². The maximum atomic E-state index is 12.5. The first kappa shape index (κ1) is 17.9. The molecule has 2 heterocycles. The molecule has 3 aromatic rings. The highest BCUT2D eigenvalue weighted by molar-refractivity contribution is 5.80. The third-order valence-electron chi connectivity index (χ3n) is 4.67. The fourth-order valence-corrected chi connectivity index (χ4v) is 3.24. The van der Waals surface area contributed by atoms with Crippen molar-refractivity contribution in [2.75, 3.05) is 12.0 Å². The van der Waals surface area contributed by atoms with Crippen molar-refractivity contribution >= 4 is 12.2 Å². The van der Waals surface area contributed by atoms with Gasteiger partial charge in [0, 0.05) is 26.1 Å². The lowest BCUT2D eigenvalue weighted by Crippen LogP contribution is -2.35. The van der Waals surface area contributed by atoms with E-state index in [2.05, 4.69) is 37.5 Å². The molecule has 0 radical (unpaired) electrons. The van der Waals surface area contributed by atoms with Gasteiger partial charge >= 0.3 is 0 Å². The van der Waals surface area contributed by atoms with Crippen LogP contribution in [0.4, 0.5) is 5.95 Å². The van der Waals surface area contributed by atoms with Crippen LogP contribution in [0.2, 0.25) is 0 Å². The SMILES string of the molecule is O=c1[nH]c(N/N=C\c2ccc(O)cc2)nc2c1CN(Cc1ccccc1)CC2. The number of fused-ring (bicyclic) bond motifs is 1. The van der Waals surface area contributed by atoms with Gasteiger partial charge in [-0.1, -0.05) is 30.3 Å². The fourth-order valence-electron chi connectivity index (χ4n) is 3.24. The molecule has 142 valence electrons. The Kier molecular flexibility index (Phi) is 5.16. The minimum Gasteiger partial charge on any atom is -0.508 e. The number of aromatic nitrogens is 2. The number of nitrogens with zero attached hydrogens (tertiary/aromatic N) is 3. The molecule has 0 saturated carbocycles. The number of hydrazone groups is 1. The number of benzene rings is 2. The summed E-state index contributed by atoms with van der Waals surface area (Å²) in [6.45, 7) is 2.26. The van der Waals surface area contributed by atoms with Crippen molar-refractivity contribution in [2.45, 2.75) is 19.5 Å².